The van der Waals surface area contributed by atoms with E-state index in [9.17, 15) is 23.1 Å². The number of hydrogen-bond acceptors (Lipinski definition) is 13. The molecule has 66 heavy (non-hydrogen) atoms. The van der Waals surface area contributed by atoms with Gasteiger partial charge >= 0.3 is 5.97 Å². The summed E-state index contributed by atoms with van der Waals surface area (Å²) in [5, 5.41) is 11.8. The Kier molecular flexibility index (Phi) is 13.2. The van der Waals surface area contributed by atoms with Gasteiger partial charge in [-0.1, -0.05) is 35.3 Å². The quantitative estimate of drug-likeness (QED) is 0.156. The number of hydrogen-bond donors (Lipinski definition) is 1. The molecule has 2 saturated heterocycles. The fourth-order valence-corrected chi connectivity index (χ4v) is 10.3. The molecular weight excluding hydrogens is 919 g/mol. The minimum Gasteiger partial charge on any atom is -0.490 e. The molecule has 2 atom stereocenters. The van der Waals surface area contributed by atoms with Crippen molar-refractivity contribution in [1.82, 2.24) is 29.7 Å². The molecule has 0 aliphatic carbocycles. The molecule has 19 heteroatoms. The van der Waals surface area contributed by atoms with Crippen molar-refractivity contribution in [2.24, 2.45) is 0 Å². The number of likely N-dealkylation sites (N-methyl/N-ethyl adjacent to an activating group) is 1. The molecule has 13 nitrogen and oxygen atoms in total. The van der Waals surface area contributed by atoms with Crippen molar-refractivity contribution in [1.29, 1.82) is 0 Å². The topological polar surface area (TPSA) is 136 Å². The second-order valence-electron chi connectivity index (χ2n) is 16.8. The van der Waals surface area contributed by atoms with Gasteiger partial charge in [-0.25, -0.2) is 37.9 Å². The van der Waals surface area contributed by atoms with Crippen molar-refractivity contribution in [2.45, 2.75) is 57.8 Å². The number of aromatic nitrogens is 4. The Bertz CT molecular complexity index is 2750. The van der Waals surface area contributed by atoms with Gasteiger partial charge in [0.1, 0.15) is 47.8 Å². The van der Waals surface area contributed by atoms with Crippen LogP contribution in [-0.2, 0) is 17.8 Å². The highest BCUT2D eigenvalue weighted by Gasteiger charge is 2.37. The highest BCUT2D eigenvalue weighted by atomic mass is 35.5. The maximum absolute atomic E-state index is 14.3. The number of carboxylic acid groups (broad SMARTS) is 1. The third kappa shape index (κ3) is 9.67. The average Bonchev–Trinajstić information content (AvgIpc) is 3.68. The molecule has 346 valence electrons. The second-order valence-corrected chi connectivity index (χ2v) is 18.6. The normalized spacial score (nSPS) is 19.2. The summed E-state index contributed by atoms with van der Waals surface area (Å²) in [6.45, 7) is 7.47. The van der Waals surface area contributed by atoms with Gasteiger partial charge in [0.2, 0.25) is 17.9 Å². The lowest BCUT2D eigenvalue weighted by atomic mass is 9.92. The first-order valence-corrected chi connectivity index (χ1v) is 23.1. The zero-order chi connectivity index (χ0) is 46.3. The molecule has 0 spiro atoms. The Labute approximate surface area is 393 Å². The lowest BCUT2D eigenvalue weighted by Gasteiger charge is -2.35. The van der Waals surface area contributed by atoms with Crippen LogP contribution < -0.4 is 23.8 Å². The maximum atomic E-state index is 14.3. The first kappa shape index (κ1) is 45.7. The van der Waals surface area contributed by atoms with Crippen molar-refractivity contribution in [3.63, 3.8) is 0 Å². The molecule has 4 aliphatic heterocycles. The van der Waals surface area contributed by atoms with Gasteiger partial charge in [0, 0.05) is 74.3 Å². The van der Waals surface area contributed by atoms with Crippen LogP contribution in [0.3, 0.4) is 0 Å². The van der Waals surface area contributed by atoms with E-state index in [2.05, 4.69) is 36.8 Å². The van der Waals surface area contributed by atoms with Crippen molar-refractivity contribution in [3.8, 4) is 44.7 Å². The molecule has 4 bridgehead atoms. The van der Waals surface area contributed by atoms with Gasteiger partial charge in [-0.15, -0.1) is 11.3 Å². The van der Waals surface area contributed by atoms with Crippen molar-refractivity contribution >= 4 is 56.7 Å². The zero-order valence-electron chi connectivity index (χ0n) is 36.3. The largest absolute Gasteiger partial charge is 0.490 e. The molecule has 3 aromatic carbocycles. The summed E-state index contributed by atoms with van der Waals surface area (Å²) in [6, 6.07) is 12.8. The van der Waals surface area contributed by atoms with E-state index in [0.717, 1.165) is 26.2 Å². The van der Waals surface area contributed by atoms with Crippen molar-refractivity contribution in [3.05, 3.63) is 99.3 Å². The molecule has 4 aliphatic rings. The van der Waals surface area contributed by atoms with E-state index in [1.165, 1.54) is 40.9 Å². The Hall–Kier alpha value is -5.46. The molecule has 1 N–H and O–H groups in total. The van der Waals surface area contributed by atoms with E-state index in [1.54, 1.807) is 36.4 Å². The van der Waals surface area contributed by atoms with E-state index in [-0.39, 0.29) is 53.7 Å². The minimum absolute atomic E-state index is 0.0124. The van der Waals surface area contributed by atoms with Crippen LogP contribution in [0.4, 0.5) is 19.1 Å². The molecule has 6 aromatic rings. The van der Waals surface area contributed by atoms with Crippen molar-refractivity contribution in [2.75, 3.05) is 64.4 Å². The highest BCUT2D eigenvalue weighted by molar-refractivity contribution is 7.22. The fraction of sp³-hybridized carbons (Fsp3) is 0.383. The number of anilines is 1. The molecule has 10 rings (SSSR count). The number of aliphatic carboxylic acids is 1. The predicted octanol–water partition coefficient (Wildman–Crippen LogP) is 9.15. The summed E-state index contributed by atoms with van der Waals surface area (Å²) in [4.78, 5) is 38.4. The number of fused-ring (bicyclic) bond motifs is 7. The van der Waals surface area contributed by atoms with Gasteiger partial charge in [0.15, 0.2) is 5.75 Å². The van der Waals surface area contributed by atoms with Gasteiger partial charge in [0.05, 0.1) is 27.7 Å². The standard InChI is InChI=1S/C47H46Cl2F3N7O6S/c1-26-36-27(2)40(49)41(39(26)48)64-33(21-58-17-15-57(3)16-18-58)23-62-32-9-10-34(63-22-31-11-13-53-46(56-31)59-14-4-12-47(51,52)24-59)29(19-32)20-35(45(60)61)65-43-38-37(36)42(66-44(38)55-25-54-43)28-5-7-30(50)8-6-28/h5-11,13,19,25,33,35H,4,12,14-18,20-24H2,1-3H3,(H,60,61)/t33-,35-/m1/s1. The lowest BCUT2D eigenvalue weighted by molar-refractivity contribution is -0.145. The summed E-state index contributed by atoms with van der Waals surface area (Å²) in [5.74, 6) is -3.38. The smallest absolute Gasteiger partial charge is 0.345 e. The molecule has 0 unspecified atom stereocenters. The van der Waals surface area contributed by atoms with E-state index in [4.69, 9.17) is 42.1 Å². The van der Waals surface area contributed by atoms with Crippen molar-refractivity contribution < 1.29 is 42.0 Å². The summed E-state index contributed by atoms with van der Waals surface area (Å²) < 4.78 is 69.0. The molecule has 0 amide bonds. The number of rotatable bonds is 8. The van der Waals surface area contributed by atoms with Gasteiger partial charge in [0.25, 0.3) is 5.92 Å². The molecule has 0 radical (unpaired) electrons. The Morgan fingerprint density at radius 2 is 1.73 bits per heavy atom. The molecule has 0 saturated carbocycles. The Balaban J connectivity index is 1.15. The monoisotopic (exact) mass is 963 g/mol. The Morgan fingerprint density at radius 3 is 2.45 bits per heavy atom. The van der Waals surface area contributed by atoms with Crippen LogP contribution in [0.5, 0.6) is 23.1 Å². The number of carboxylic acids is 1. The number of piperazine rings is 1. The predicted molar refractivity (Wildman–Crippen MR) is 247 cm³/mol. The van der Waals surface area contributed by atoms with Crippen LogP contribution in [0, 0.1) is 19.7 Å². The van der Waals surface area contributed by atoms with Gasteiger partial charge < -0.3 is 33.9 Å². The summed E-state index contributed by atoms with van der Waals surface area (Å²) in [5.41, 5.74) is 4.00. The number of carbonyl (C=O) groups is 1. The molecule has 2 fully saturated rings. The van der Waals surface area contributed by atoms with Gasteiger partial charge in [-0.3, -0.25) is 4.90 Å². The molecular formula is C47H46Cl2F3N7O6S. The van der Waals surface area contributed by atoms with E-state index < -0.39 is 36.5 Å². The lowest BCUT2D eigenvalue weighted by Crippen LogP contribution is -2.49. The van der Waals surface area contributed by atoms with E-state index >= 15 is 0 Å². The Morgan fingerprint density at radius 1 is 0.970 bits per heavy atom. The molecule has 7 heterocycles. The van der Waals surface area contributed by atoms with Crippen LogP contribution in [0.25, 0.3) is 31.8 Å². The summed E-state index contributed by atoms with van der Waals surface area (Å²) in [7, 11) is 2.08. The minimum atomic E-state index is -2.85. The number of halogens is 5. The molecule has 3 aromatic heterocycles. The van der Waals surface area contributed by atoms with Crippen LogP contribution in [0.2, 0.25) is 10.0 Å². The summed E-state index contributed by atoms with van der Waals surface area (Å²) in [6.07, 6.45) is 0.619. The van der Waals surface area contributed by atoms with Crippen LogP contribution in [0.1, 0.15) is 35.2 Å². The highest BCUT2D eigenvalue weighted by Crippen LogP contribution is 2.53. The number of piperidine rings is 1. The van der Waals surface area contributed by atoms with Crippen LogP contribution in [0.15, 0.2) is 61.1 Å². The van der Waals surface area contributed by atoms with E-state index in [1.807, 2.05) is 13.8 Å². The number of benzene rings is 3. The number of ether oxygens (including phenoxy) is 4. The third-order valence-electron chi connectivity index (χ3n) is 12.1. The maximum Gasteiger partial charge on any atom is 0.345 e. The number of nitrogens with zero attached hydrogens (tertiary/aromatic N) is 7. The number of alkyl halides is 2. The first-order valence-electron chi connectivity index (χ1n) is 21.5. The first-order chi connectivity index (χ1) is 31.7. The fourth-order valence-electron chi connectivity index (χ4n) is 8.62. The third-order valence-corrected chi connectivity index (χ3v) is 14.2. The van der Waals surface area contributed by atoms with E-state index in [0.29, 0.717) is 85.2 Å². The zero-order valence-corrected chi connectivity index (χ0v) is 38.7. The average molecular weight is 965 g/mol. The van der Waals surface area contributed by atoms with Crippen LogP contribution in [-0.4, -0.2) is 118 Å². The summed E-state index contributed by atoms with van der Waals surface area (Å²) >= 11 is 15.9. The van der Waals surface area contributed by atoms with Gasteiger partial charge in [-0.2, -0.15) is 0 Å². The second kappa shape index (κ2) is 19.0. The SMILES string of the molecule is Cc1c(Cl)c2c(Cl)c(C)c1-c1c(-c3ccc(F)cc3)sc3ncnc(c13)O[C@@H](C(=O)O)Cc1cc(ccc1OCc1ccnc(N3CCCC(F)(F)C3)n1)OC[C@@H](CN1CCN(C)CC1)O2. The van der Waals surface area contributed by atoms with Crippen LogP contribution >= 0.6 is 34.5 Å². The number of thiophene rings is 1. The van der Waals surface area contributed by atoms with Gasteiger partial charge in [-0.05, 0) is 86.0 Å².